The first-order chi connectivity index (χ1) is 9.36. The minimum atomic E-state index is -0.0703. The van der Waals surface area contributed by atoms with Gasteiger partial charge in [0.15, 0.2) is 0 Å². The molecule has 0 bridgehead atoms. The van der Waals surface area contributed by atoms with E-state index in [0.717, 1.165) is 19.5 Å². The van der Waals surface area contributed by atoms with Gasteiger partial charge in [-0.2, -0.15) is 0 Å². The van der Waals surface area contributed by atoms with Crippen LogP contribution in [0.1, 0.15) is 52.0 Å². The third kappa shape index (κ3) is 2.10. The van der Waals surface area contributed by atoms with Crippen LogP contribution in [-0.4, -0.2) is 24.3 Å². The minimum absolute atomic E-state index is 0.0200. The summed E-state index contributed by atoms with van der Waals surface area (Å²) in [6, 6.07) is 11.0. The van der Waals surface area contributed by atoms with Crippen molar-refractivity contribution in [3.8, 4) is 0 Å². The molecular weight excluding hydrogens is 246 g/mol. The molecule has 0 radical (unpaired) electrons. The topological polar surface area (TPSA) is 21.3 Å². The zero-order valence-electron chi connectivity index (χ0n) is 13.2. The van der Waals surface area contributed by atoms with Gasteiger partial charge in [0.25, 0.3) is 0 Å². The van der Waals surface area contributed by atoms with Crippen molar-refractivity contribution in [2.24, 2.45) is 5.41 Å². The Balaban J connectivity index is 2.05. The maximum atomic E-state index is 6.45. The second-order valence-corrected chi connectivity index (χ2v) is 7.62. The van der Waals surface area contributed by atoms with Crippen molar-refractivity contribution in [2.75, 3.05) is 13.1 Å². The van der Waals surface area contributed by atoms with Crippen LogP contribution in [0.15, 0.2) is 30.3 Å². The van der Waals surface area contributed by atoms with E-state index in [9.17, 15) is 0 Å². The highest BCUT2D eigenvalue weighted by molar-refractivity contribution is 5.27. The van der Waals surface area contributed by atoms with Gasteiger partial charge in [0, 0.05) is 17.9 Å². The average molecular weight is 273 g/mol. The van der Waals surface area contributed by atoms with Crippen molar-refractivity contribution in [1.82, 2.24) is 5.32 Å². The Hall–Kier alpha value is -0.860. The molecule has 110 valence electrons. The summed E-state index contributed by atoms with van der Waals surface area (Å²) in [4.78, 5) is 0. The summed E-state index contributed by atoms with van der Waals surface area (Å²) in [6.07, 6.45) is 2.34. The second-order valence-electron chi connectivity index (χ2n) is 7.62. The lowest BCUT2D eigenvalue weighted by molar-refractivity contribution is -0.104. The number of nitrogens with one attached hydrogen (secondary N) is 1. The number of piperidine rings is 1. The zero-order chi connectivity index (χ0) is 14.4. The molecule has 1 N–H and O–H groups in total. The third-order valence-corrected chi connectivity index (χ3v) is 5.44. The van der Waals surface area contributed by atoms with Gasteiger partial charge in [0.2, 0.25) is 0 Å². The van der Waals surface area contributed by atoms with Crippen molar-refractivity contribution in [2.45, 2.75) is 57.7 Å². The molecule has 0 aromatic heterocycles. The third-order valence-electron chi connectivity index (χ3n) is 5.44. The summed E-state index contributed by atoms with van der Waals surface area (Å²) >= 11 is 0. The van der Waals surface area contributed by atoms with E-state index in [1.807, 2.05) is 0 Å². The van der Waals surface area contributed by atoms with E-state index in [1.165, 1.54) is 12.0 Å². The van der Waals surface area contributed by atoms with Crippen LogP contribution in [0.25, 0.3) is 0 Å². The molecule has 3 rings (SSSR count). The molecule has 20 heavy (non-hydrogen) atoms. The van der Waals surface area contributed by atoms with Gasteiger partial charge < -0.3 is 10.1 Å². The van der Waals surface area contributed by atoms with Crippen LogP contribution >= 0.6 is 0 Å². The number of hydrogen-bond acceptors (Lipinski definition) is 2. The molecule has 2 heteroatoms. The molecule has 0 aliphatic carbocycles. The normalized spacial score (nSPS) is 35.3. The Morgan fingerprint density at radius 3 is 2.40 bits per heavy atom. The molecular formula is C18H27NO. The summed E-state index contributed by atoms with van der Waals surface area (Å²) in [7, 11) is 0. The Kier molecular flexibility index (Phi) is 3.22. The van der Waals surface area contributed by atoms with E-state index >= 15 is 0 Å². The molecule has 2 aliphatic heterocycles. The number of rotatable bonds is 1. The molecule has 2 fully saturated rings. The highest BCUT2D eigenvalue weighted by Gasteiger charge is 2.60. The monoisotopic (exact) mass is 273 g/mol. The largest absolute Gasteiger partial charge is 0.369 e. The van der Waals surface area contributed by atoms with Gasteiger partial charge in [0.1, 0.15) is 0 Å². The first kappa shape index (κ1) is 14.1. The van der Waals surface area contributed by atoms with Crippen molar-refractivity contribution < 1.29 is 4.74 Å². The van der Waals surface area contributed by atoms with Gasteiger partial charge in [-0.25, -0.2) is 0 Å². The molecule has 1 aromatic carbocycles. The van der Waals surface area contributed by atoms with E-state index in [-0.39, 0.29) is 16.6 Å². The van der Waals surface area contributed by atoms with Crippen LogP contribution in [0.5, 0.6) is 0 Å². The summed E-state index contributed by atoms with van der Waals surface area (Å²) in [5.41, 5.74) is 1.60. The van der Waals surface area contributed by atoms with Crippen LogP contribution < -0.4 is 5.32 Å². The van der Waals surface area contributed by atoms with Crippen LogP contribution in [0.2, 0.25) is 0 Å². The van der Waals surface area contributed by atoms with E-state index in [0.29, 0.717) is 5.92 Å². The number of hydrogen-bond donors (Lipinski definition) is 1. The van der Waals surface area contributed by atoms with Gasteiger partial charge >= 0.3 is 0 Å². The summed E-state index contributed by atoms with van der Waals surface area (Å²) in [6.45, 7) is 11.2. The van der Waals surface area contributed by atoms with Crippen LogP contribution in [-0.2, 0) is 4.74 Å². The van der Waals surface area contributed by atoms with Gasteiger partial charge in [-0.1, -0.05) is 30.3 Å². The highest BCUT2D eigenvalue weighted by atomic mass is 16.5. The van der Waals surface area contributed by atoms with E-state index in [2.05, 4.69) is 63.3 Å². The lowest BCUT2D eigenvalue weighted by Crippen LogP contribution is -2.52. The fourth-order valence-electron chi connectivity index (χ4n) is 4.78. The van der Waals surface area contributed by atoms with Gasteiger partial charge in [-0.15, -0.1) is 0 Å². The van der Waals surface area contributed by atoms with Gasteiger partial charge in [-0.3, -0.25) is 0 Å². The molecule has 2 saturated heterocycles. The van der Waals surface area contributed by atoms with E-state index < -0.39 is 0 Å². The first-order valence-electron chi connectivity index (χ1n) is 7.82. The fraction of sp³-hybridized carbons (Fsp3) is 0.667. The predicted octanol–water partition coefficient (Wildman–Crippen LogP) is 3.73. The molecule has 2 nitrogen and oxygen atoms in total. The minimum Gasteiger partial charge on any atom is -0.369 e. The van der Waals surface area contributed by atoms with Gasteiger partial charge in [0.05, 0.1) is 11.2 Å². The Labute approximate surface area is 122 Å². The summed E-state index contributed by atoms with van der Waals surface area (Å²) < 4.78 is 6.45. The maximum absolute atomic E-state index is 6.45. The van der Waals surface area contributed by atoms with Crippen molar-refractivity contribution >= 4 is 0 Å². The van der Waals surface area contributed by atoms with Crippen molar-refractivity contribution in [1.29, 1.82) is 0 Å². The molecule has 2 unspecified atom stereocenters. The van der Waals surface area contributed by atoms with Crippen molar-refractivity contribution in [3.63, 3.8) is 0 Å². The molecule has 0 saturated carbocycles. The molecule has 2 aliphatic rings. The standard InChI is InChI=1S/C18H27NO/c1-16(2)13-18(17(3,4)20-16)10-11-19-12-15(18)14-8-6-5-7-9-14/h5-9,15,19H,10-13H2,1-4H3. The summed E-state index contributed by atoms with van der Waals surface area (Å²) in [5.74, 6) is 0.536. The smallest absolute Gasteiger partial charge is 0.0697 e. The lowest BCUT2D eigenvalue weighted by Gasteiger charge is -2.49. The number of benzene rings is 1. The molecule has 1 aromatic rings. The van der Waals surface area contributed by atoms with Crippen LogP contribution in [0.3, 0.4) is 0 Å². The van der Waals surface area contributed by atoms with Crippen LogP contribution in [0, 0.1) is 5.41 Å². The Morgan fingerprint density at radius 1 is 1.10 bits per heavy atom. The quantitative estimate of drug-likeness (QED) is 0.842. The Morgan fingerprint density at radius 2 is 1.80 bits per heavy atom. The Bertz CT molecular complexity index is 479. The molecule has 1 spiro atoms. The van der Waals surface area contributed by atoms with Crippen molar-refractivity contribution in [3.05, 3.63) is 35.9 Å². The molecule has 0 amide bonds. The van der Waals surface area contributed by atoms with Crippen LogP contribution in [0.4, 0.5) is 0 Å². The van der Waals surface area contributed by atoms with Gasteiger partial charge in [-0.05, 0) is 52.6 Å². The number of ether oxygens (including phenoxy) is 1. The predicted molar refractivity (Wildman–Crippen MR) is 83.0 cm³/mol. The SMILES string of the molecule is CC1(C)CC2(CCNCC2c2ccccc2)C(C)(C)O1. The highest BCUT2D eigenvalue weighted by Crippen LogP contribution is 2.60. The molecule has 2 heterocycles. The zero-order valence-corrected chi connectivity index (χ0v) is 13.2. The molecule has 2 atom stereocenters. The average Bonchev–Trinajstić information content (AvgIpc) is 2.56. The maximum Gasteiger partial charge on any atom is 0.0697 e. The second kappa shape index (κ2) is 4.57. The summed E-state index contributed by atoms with van der Waals surface area (Å²) in [5, 5.41) is 3.59. The van der Waals surface area contributed by atoms with E-state index in [4.69, 9.17) is 4.74 Å². The van der Waals surface area contributed by atoms with E-state index in [1.54, 1.807) is 0 Å². The lowest BCUT2D eigenvalue weighted by atomic mass is 9.58. The first-order valence-corrected chi connectivity index (χ1v) is 7.82. The fourth-order valence-corrected chi connectivity index (χ4v) is 4.78.